The minimum absolute atomic E-state index is 0.0762. The molecule has 1 unspecified atom stereocenters. The highest BCUT2D eigenvalue weighted by atomic mass is 32.2. The first kappa shape index (κ1) is 15.0. The number of anilines is 1. The van der Waals surface area contributed by atoms with E-state index >= 15 is 0 Å². The standard InChI is InChI=1S/C16H17FN2O2S/c1-22(20,21)14-7-8-16(18-11-14)19-9-3-6-15(19)12-4-2-5-13(17)10-12/h2,4-5,7-8,10-11,15H,3,6,9H2,1H3. The molecule has 1 aliphatic rings. The van der Waals surface area contributed by atoms with E-state index in [1.165, 1.54) is 12.3 Å². The van der Waals surface area contributed by atoms with Crippen molar-refractivity contribution < 1.29 is 12.8 Å². The minimum atomic E-state index is -3.25. The van der Waals surface area contributed by atoms with Gasteiger partial charge in [-0.05, 0) is 42.7 Å². The molecule has 2 heterocycles. The molecule has 1 aromatic carbocycles. The molecular formula is C16H17FN2O2S. The highest BCUT2D eigenvalue weighted by Gasteiger charge is 2.27. The molecule has 1 aliphatic heterocycles. The van der Waals surface area contributed by atoms with E-state index in [9.17, 15) is 12.8 Å². The van der Waals surface area contributed by atoms with Gasteiger partial charge < -0.3 is 4.90 Å². The zero-order chi connectivity index (χ0) is 15.7. The minimum Gasteiger partial charge on any atom is -0.350 e. The number of benzene rings is 1. The molecule has 116 valence electrons. The molecule has 4 nitrogen and oxygen atoms in total. The molecule has 1 fully saturated rings. The molecule has 0 radical (unpaired) electrons. The van der Waals surface area contributed by atoms with Gasteiger partial charge in [-0.2, -0.15) is 0 Å². The third kappa shape index (κ3) is 2.97. The summed E-state index contributed by atoms with van der Waals surface area (Å²) in [6, 6.07) is 9.97. The molecule has 3 rings (SSSR count). The van der Waals surface area contributed by atoms with Gasteiger partial charge in [-0.25, -0.2) is 17.8 Å². The second-order valence-electron chi connectivity index (χ2n) is 5.53. The van der Waals surface area contributed by atoms with Gasteiger partial charge in [0, 0.05) is 19.0 Å². The van der Waals surface area contributed by atoms with E-state index in [-0.39, 0.29) is 16.8 Å². The number of hydrogen-bond acceptors (Lipinski definition) is 4. The van der Waals surface area contributed by atoms with Gasteiger partial charge in [0.15, 0.2) is 9.84 Å². The van der Waals surface area contributed by atoms with Crippen LogP contribution < -0.4 is 4.90 Å². The van der Waals surface area contributed by atoms with Crippen molar-refractivity contribution in [2.24, 2.45) is 0 Å². The predicted octanol–water partition coefficient (Wildman–Crippen LogP) is 2.97. The number of aromatic nitrogens is 1. The Kier molecular flexibility index (Phi) is 3.87. The molecule has 6 heteroatoms. The first-order valence-electron chi connectivity index (χ1n) is 7.13. The van der Waals surface area contributed by atoms with E-state index in [2.05, 4.69) is 9.88 Å². The topological polar surface area (TPSA) is 50.3 Å². The van der Waals surface area contributed by atoms with Gasteiger partial charge in [-0.3, -0.25) is 0 Å². The van der Waals surface area contributed by atoms with Crippen LogP contribution in [0.5, 0.6) is 0 Å². The Labute approximate surface area is 129 Å². The number of sulfone groups is 1. The number of pyridine rings is 1. The Morgan fingerprint density at radius 1 is 1.27 bits per heavy atom. The molecule has 0 spiro atoms. The zero-order valence-corrected chi connectivity index (χ0v) is 13.1. The first-order chi connectivity index (χ1) is 10.4. The quantitative estimate of drug-likeness (QED) is 0.872. The average Bonchev–Trinajstić information content (AvgIpc) is 2.96. The molecule has 0 N–H and O–H groups in total. The number of nitrogens with zero attached hydrogens (tertiary/aromatic N) is 2. The highest BCUT2D eigenvalue weighted by molar-refractivity contribution is 7.90. The van der Waals surface area contributed by atoms with E-state index in [1.807, 2.05) is 6.07 Å². The van der Waals surface area contributed by atoms with Crippen LogP contribution in [0.4, 0.5) is 10.2 Å². The Morgan fingerprint density at radius 3 is 2.73 bits per heavy atom. The Balaban J connectivity index is 1.90. The summed E-state index contributed by atoms with van der Waals surface area (Å²) in [6.45, 7) is 0.826. The first-order valence-corrected chi connectivity index (χ1v) is 9.02. The molecule has 0 saturated carbocycles. The number of halogens is 1. The van der Waals surface area contributed by atoms with E-state index in [4.69, 9.17) is 0 Å². The Morgan fingerprint density at radius 2 is 2.09 bits per heavy atom. The lowest BCUT2D eigenvalue weighted by atomic mass is 10.0. The maximum absolute atomic E-state index is 13.4. The van der Waals surface area contributed by atoms with Crippen molar-refractivity contribution in [3.63, 3.8) is 0 Å². The van der Waals surface area contributed by atoms with Crippen molar-refractivity contribution in [2.75, 3.05) is 17.7 Å². The third-order valence-electron chi connectivity index (χ3n) is 3.93. The monoisotopic (exact) mass is 320 g/mol. The third-order valence-corrected chi connectivity index (χ3v) is 5.03. The lowest BCUT2D eigenvalue weighted by Gasteiger charge is -2.26. The number of rotatable bonds is 3. The smallest absolute Gasteiger partial charge is 0.177 e. The van der Waals surface area contributed by atoms with Gasteiger partial charge in [0.05, 0.1) is 10.9 Å². The van der Waals surface area contributed by atoms with Gasteiger partial charge in [-0.1, -0.05) is 12.1 Å². The summed E-state index contributed by atoms with van der Waals surface area (Å²) in [4.78, 5) is 6.58. The van der Waals surface area contributed by atoms with Gasteiger partial charge in [0.2, 0.25) is 0 Å². The number of hydrogen-bond donors (Lipinski definition) is 0. The van der Waals surface area contributed by atoms with Crippen LogP contribution in [-0.4, -0.2) is 26.2 Å². The molecule has 22 heavy (non-hydrogen) atoms. The summed E-state index contributed by atoms with van der Waals surface area (Å²) in [7, 11) is -3.25. The molecule has 1 saturated heterocycles. The van der Waals surface area contributed by atoms with E-state index in [0.29, 0.717) is 0 Å². The fourth-order valence-electron chi connectivity index (χ4n) is 2.86. The normalized spacial score (nSPS) is 18.6. The Hall–Kier alpha value is -1.95. The lowest BCUT2D eigenvalue weighted by molar-refractivity contribution is 0.601. The van der Waals surface area contributed by atoms with Crippen LogP contribution in [0.3, 0.4) is 0 Å². The largest absolute Gasteiger partial charge is 0.350 e. The van der Waals surface area contributed by atoms with Crippen molar-refractivity contribution >= 4 is 15.7 Å². The summed E-state index contributed by atoms with van der Waals surface area (Å²) in [5.74, 6) is 0.476. The van der Waals surface area contributed by atoms with Gasteiger partial charge in [-0.15, -0.1) is 0 Å². The summed E-state index contributed by atoms with van der Waals surface area (Å²) in [6.07, 6.45) is 4.47. The van der Waals surface area contributed by atoms with Crippen molar-refractivity contribution in [1.82, 2.24) is 4.98 Å². The fourth-order valence-corrected chi connectivity index (χ4v) is 3.42. The van der Waals surface area contributed by atoms with E-state index < -0.39 is 9.84 Å². The van der Waals surface area contributed by atoms with Crippen LogP contribution in [0.15, 0.2) is 47.5 Å². The van der Waals surface area contributed by atoms with Crippen LogP contribution in [0.2, 0.25) is 0 Å². The van der Waals surface area contributed by atoms with Crippen molar-refractivity contribution in [2.45, 2.75) is 23.8 Å². The van der Waals surface area contributed by atoms with Crippen molar-refractivity contribution in [3.8, 4) is 0 Å². The van der Waals surface area contributed by atoms with Crippen LogP contribution in [-0.2, 0) is 9.84 Å². The van der Waals surface area contributed by atoms with Crippen LogP contribution in [0.25, 0.3) is 0 Å². The SMILES string of the molecule is CS(=O)(=O)c1ccc(N2CCCC2c2cccc(F)c2)nc1. The van der Waals surface area contributed by atoms with Crippen molar-refractivity contribution in [3.05, 3.63) is 54.0 Å². The molecule has 0 aliphatic carbocycles. The molecular weight excluding hydrogens is 303 g/mol. The van der Waals surface area contributed by atoms with Crippen LogP contribution in [0, 0.1) is 5.82 Å². The lowest BCUT2D eigenvalue weighted by Crippen LogP contribution is -2.23. The summed E-state index contributed by atoms with van der Waals surface area (Å²) >= 11 is 0. The van der Waals surface area contributed by atoms with Crippen LogP contribution in [0.1, 0.15) is 24.4 Å². The molecule has 2 aromatic rings. The zero-order valence-electron chi connectivity index (χ0n) is 12.2. The molecule has 0 amide bonds. The van der Waals surface area contributed by atoms with Gasteiger partial charge in [0.1, 0.15) is 11.6 Å². The Bertz CT molecular complexity index is 775. The summed E-state index contributed by atoms with van der Waals surface area (Å²) in [5.41, 5.74) is 0.923. The van der Waals surface area contributed by atoms with Gasteiger partial charge >= 0.3 is 0 Å². The maximum atomic E-state index is 13.4. The summed E-state index contributed by atoms with van der Waals surface area (Å²) < 4.78 is 36.4. The second kappa shape index (κ2) is 5.68. The molecule has 0 bridgehead atoms. The maximum Gasteiger partial charge on any atom is 0.177 e. The highest BCUT2D eigenvalue weighted by Crippen LogP contribution is 2.35. The molecule has 1 aromatic heterocycles. The van der Waals surface area contributed by atoms with Crippen molar-refractivity contribution in [1.29, 1.82) is 0 Å². The van der Waals surface area contributed by atoms with Crippen LogP contribution >= 0.6 is 0 Å². The summed E-state index contributed by atoms with van der Waals surface area (Å²) in [5, 5.41) is 0. The predicted molar refractivity (Wildman–Crippen MR) is 83.1 cm³/mol. The fraction of sp³-hybridized carbons (Fsp3) is 0.312. The van der Waals surface area contributed by atoms with E-state index in [0.717, 1.165) is 37.0 Å². The molecule has 1 atom stereocenters. The van der Waals surface area contributed by atoms with Gasteiger partial charge in [0.25, 0.3) is 0 Å². The average molecular weight is 320 g/mol. The van der Waals surface area contributed by atoms with E-state index in [1.54, 1.807) is 24.3 Å². The second-order valence-corrected chi connectivity index (χ2v) is 7.55.